The standard InChI is InChI=1S/C9H19N3O2S/c13-15(14,12-7-3-4-8-12)11-9-5-1-2-6-10-9/h9-11H,1-8H2. The van der Waals surface area contributed by atoms with Gasteiger partial charge in [-0.05, 0) is 38.6 Å². The Hall–Kier alpha value is -0.170. The van der Waals surface area contributed by atoms with Crippen molar-refractivity contribution in [3.63, 3.8) is 0 Å². The van der Waals surface area contributed by atoms with Crippen molar-refractivity contribution >= 4 is 10.2 Å². The first-order valence-corrected chi connectivity index (χ1v) is 7.13. The van der Waals surface area contributed by atoms with Crippen molar-refractivity contribution in [2.75, 3.05) is 19.6 Å². The van der Waals surface area contributed by atoms with Crippen LogP contribution in [-0.4, -0.2) is 38.5 Å². The quantitative estimate of drug-likeness (QED) is 0.722. The summed E-state index contributed by atoms with van der Waals surface area (Å²) in [4.78, 5) is 0. The lowest BCUT2D eigenvalue weighted by Crippen LogP contribution is -2.51. The molecule has 2 saturated heterocycles. The molecule has 0 aliphatic carbocycles. The van der Waals surface area contributed by atoms with E-state index < -0.39 is 10.2 Å². The van der Waals surface area contributed by atoms with Crippen LogP contribution >= 0.6 is 0 Å². The molecule has 0 amide bonds. The van der Waals surface area contributed by atoms with E-state index in [-0.39, 0.29) is 6.17 Å². The average molecular weight is 233 g/mol. The van der Waals surface area contributed by atoms with Gasteiger partial charge in [0, 0.05) is 13.1 Å². The van der Waals surface area contributed by atoms with Gasteiger partial charge in [-0.2, -0.15) is 17.4 Å². The van der Waals surface area contributed by atoms with Crippen LogP contribution in [0.4, 0.5) is 0 Å². The topological polar surface area (TPSA) is 61.4 Å². The Kier molecular flexibility index (Phi) is 3.60. The maximum Gasteiger partial charge on any atom is 0.280 e. The molecule has 2 heterocycles. The molecule has 1 atom stereocenters. The molecule has 2 rings (SSSR count). The lowest BCUT2D eigenvalue weighted by molar-refractivity contribution is 0.368. The SMILES string of the molecule is O=S(=O)(NC1CCCCN1)N1CCCC1. The Morgan fingerprint density at radius 1 is 1.13 bits per heavy atom. The molecule has 0 radical (unpaired) electrons. The minimum Gasteiger partial charge on any atom is -0.301 e. The number of rotatable bonds is 3. The molecule has 5 nitrogen and oxygen atoms in total. The molecule has 1 unspecified atom stereocenters. The number of hydrogen-bond donors (Lipinski definition) is 2. The first kappa shape index (κ1) is 11.3. The third-order valence-corrected chi connectivity index (χ3v) is 4.63. The van der Waals surface area contributed by atoms with E-state index in [4.69, 9.17) is 0 Å². The second kappa shape index (κ2) is 4.78. The van der Waals surface area contributed by atoms with Crippen molar-refractivity contribution in [2.24, 2.45) is 0 Å². The molecular formula is C9H19N3O2S. The van der Waals surface area contributed by atoms with Crippen molar-refractivity contribution in [2.45, 2.75) is 38.3 Å². The summed E-state index contributed by atoms with van der Waals surface area (Å²) >= 11 is 0. The summed E-state index contributed by atoms with van der Waals surface area (Å²) in [7, 11) is -3.24. The van der Waals surface area contributed by atoms with Crippen molar-refractivity contribution in [1.29, 1.82) is 0 Å². The van der Waals surface area contributed by atoms with Gasteiger partial charge in [-0.25, -0.2) is 0 Å². The van der Waals surface area contributed by atoms with Gasteiger partial charge in [0.1, 0.15) is 0 Å². The average Bonchev–Trinajstić information content (AvgIpc) is 2.71. The van der Waals surface area contributed by atoms with Gasteiger partial charge in [-0.1, -0.05) is 0 Å². The van der Waals surface area contributed by atoms with E-state index in [0.717, 1.165) is 38.6 Å². The number of piperidine rings is 1. The van der Waals surface area contributed by atoms with Crippen LogP contribution in [0.15, 0.2) is 0 Å². The Labute approximate surface area is 91.4 Å². The van der Waals surface area contributed by atoms with Crippen molar-refractivity contribution in [3.05, 3.63) is 0 Å². The van der Waals surface area contributed by atoms with E-state index in [1.54, 1.807) is 4.31 Å². The Morgan fingerprint density at radius 3 is 2.47 bits per heavy atom. The maximum absolute atomic E-state index is 11.9. The molecule has 2 aliphatic heterocycles. The Morgan fingerprint density at radius 2 is 1.87 bits per heavy atom. The molecule has 0 bridgehead atoms. The number of hydrogen-bond acceptors (Lipinski definition) is 3. The van der Waals surface area contributed by atoms with Gasteiger partial charge in [0.15, 0.2) is 0 Å². The molecule has 0 spiro atoms. The summed E-state index contributed by atoms with van der Waals surface area (Å²) in [5, 5.41) is 3.18. The first-order valence-electron chi connectivity index (χ1n) is 5.69. The van der Waals surface area contributed by atoms with Crippen LogP contribution < -0.4 is 10.0 Å². The zero-order chi connectivity index (χ0) is 10.7. The largest absolute Gasteiger partial charge is 0.301 e. The van der Waals surface area contributed by atoms with Crippen LogP contribution in [-0.2, 0) is 10.2 Å². The molecule has 0 aromatic carbocycles. The smallest absolute Gasteiger partial charge is 0.280 e. The Bertz CT molecular complexity index is 292. The second-order valence-electron chi connectivity index (χ2n) is 4.23. The zero-order valence-corrected chi connectivity index (χ0v) is 9.72. The Balaban J connectivity index is 1.90. The summed E-state index contributed by atoms with van der Waals surface area (Å²) in [6, 6.07) is 0. The minimum atomic E-state index is -3.24. The van der Waals surface area contributed by atoms with Gasteiger partial charge in [0.05, 0.1) is 6.17 Å². The predicted octanol–water partition coefficient (Wildman–Crippen LogP) is 0.0162. The number of nitrogens with one attached hydrogen (secondary N) is 2. The van der Waals surface area contributed by atoms with Gasteiger partial charge >= 0.3 is 0 Å². The van der Waals surface area contributed by atoms with Gasteiger partial charge in [0.25, 0.3) is 10.2 Å². The zero-order valence-electron chi connectivity index (χ0n) is 8.91. The summed E-state index contributed by atoms with van der Waals surface area (Å²) < 4.78 is 28.0. The van der Waals surface area contributed by atoms with Crippen molar-refractivity contribution < 1.29 is 8.42 Å². The van der Waals surface area contributed by atoms with Crippen LogP contribution in [0.3, 0.4) is 0 Å². The lowest BCUT2D eigenvalue weighted by Gasteiger charge is -2.26. The summed E-state index contributed by atoms with van der Waals surface area (Å²) in [5.74, 6) is 0. The molecule has 0 saturated carbocycles. The van der Waals surface area contributed by atoms with Gasteiger partial charge in [-0.15, -0.1) is 0 Å². The molecule has 6 heteroatoms. The fraction of sp³-hybridized carbons (Fsp3) is 1.00. The van der Waals surface area contributed by atoms with Crippen LogP contribution in [0.1, 0.15) is 32.1 Å². The molecule has 0 aromatic heterocycles. The lowest BCUT2D eigenvalue weighted by atomic mass is 10.1. The second-order valence-corrected chi connectivity index (χ2v) is 5.93. The van der Waals surface area contributed by atoms with E-state index in [0.29, 0.717) is 13.1 Å². The fourth-order valence-electron chi connectivity index (χ4n) is 2.14. The molecule has 2 N–H and O–H groups in total. The molecule has 2 fully saturated rings. The van der Waals surface area contributed by atoms with E-state index in [1.807, 2.05) is 0 Å². The van der Waals surface area contributed by atoms with E-state index in [9.17, 15) is 8.42 Å². The molecule has 0 aromatic rings. The maximum atomic E-state index is 11.9. The van der Waals surface area contributed by atoms with Crippen LogP contribution in [0.25, 0.3) is 0 Å². The highest BCUT2D eigenvalue weighted by Crippen LogP contribution is 2.13. The summed E-state index contributed by atoms with van der Waals surface area (Å²) in [6.45, 7) is 2.25. The van der Waals surface area contributed by atoms with E-state index in [2.05, 4.69) is 10.0 Å². The molecule has 15 heavy (non-hydrogen) atoms. The van der Waals surface area contributed by atoms with Crippen molar-refractivity contribution in [3.8, 4) is 0 Å². The summed E-state index contributed by atoms with van der Waals surface area (Å²) in [5.41, 5.74) is 0. The van der Waals surface area contributed by atoms with Crippen LogP contribution in [0.2, 0.25) is 0 Å². The summed E-state index contributed by atoms with van der Waals surface area (Å²) in [6.07, 6.45) is 5.04. The third-order valence-electron chi connectivity index (χ3n) is 3.01. The molecule has 88 valence electrons. The van der Waals surface area contributed by atoms with Gasteiger partial charge in [-0.3, -0.25) is 0 Å². The first-order chi connectivity index (χ1) is 7.18. The van der Waals surface area contributed by atoms with Crippen molar-refractivity contribution in [1.82, 2.24) is 14.3 Å². The highest BCUT2D eigenvalue weighted by atomic mass is 32.2. The van der Waals surface area contributed by atoms with Crippen LogP contribution in [0.5, 0.6) is 0 Å². The minimum absolute atomic E-state index is 0.0654. The van der Waals surface area contributed by atoms with Gasteiger partial charge < -0.3 is 5.32 Å². The fourth-order valence-corrected chi connectivity index (χ4v) is 3.58. The molecular weight excluding hydrogens is 214 g/mol. The normalized spacial score (nSPS) is 29.5. The number of nitrogens with zero attached hydrogens (tertiary/aromatic N) is 1. The highest BCUT2D eigenvalue weighted by Gasteiger charge is 2.27. The van der Waals surface area contributed by atoms with Gasteiger partial charge in [0.2, 0.25) is 0 Å². The third kappa shape index (κ3) is 2.90. The van der Waals surface area contributed by atoms with E-state index in [1.165, 1.54) is 0 Å². The predicted molar refractivity (Wildman–Crippen MR) is 58.5 cm³/mol. The van der Waals surface area contributed by atoms with E-state index >= 15 is 0 Å². The highest BCUT2D eigenvalue weighted by molar-refractivity contribution is 7.87. The monoisotopic (exact) mass is 233 g/mol. The van der Waals surface area contributed by atoms with Crippen LogP contribution in [0, 0.1) is 0 Å². The molecule has 2 aliphatic rings.